The number of halogens is 1. The number of nitrogens with one attached hydrogen (secondary N) is 1. The van der Waals surface area contributed by atoms with E-state index in [2.05, 4.69) is 28.4 Å². The summed E-state index contributed by atoms with van der Waals surface area (Å²) in [5.41, 5.74) is 1.08. The second kappa shape index (κ2) is 6.25. The molecule has 1 saturated carbocycles. The van der Waals surface area contributed by atoms with Crippen LogP contribution in [0.5, 0.6) is 0 Å². The van der Waals surface area contributed by atoms with Gasteiger partial charge in [-0.15, -0.1) is 0 Å². The minimum Gasteiger partial charge on any atom is -0.381 e. The Morgan fingerprint density at radius 1 is 1.09 bits per heavy atom. The third-order valence-electron chi connectivity index (χ3n) is 5.73. The van der Waals surface area contributed by atoms with Crippen LogP contribution in [0.3, 0.4) is 0 Å². The van der Waals surface area contributed by atoms with Crippen molar-refractivity contribution >= 4 is 17.3 Å². The summed E-state index contributed by atoms with van der Waals surface area (Å²) in [5, 5.41) is 4.45. The molecule has 1 aromatic carbocycles. The van der Waals surface area contributed by atoms with E-state index < -0.39 is 0 Å². The first-order valence-electron chi connectivity index (χ1n) is 8.69. The Morgan fingerprint density at radius 3 is 2.59 bits per heavy atom. The number of nitrogens with zero attached hydrogens (tertiary/aromatic N) is 1. The van der Waals surface area contributed by atoms with Crippen LogP contribution in [0.2, 0.25) is 5.02 Å². The summed E-state index contributed by atoms with van der Waals surface area (Å²) in [4.78, 5) is 2.68. The van der Waals surface area contributed by atoms with Crippen LogP contribution in [0.1, 0.15) is 25.7 Å². The van der Waals surface area contributed by atoms with E-state index in [4.69, 9.17) is 11.6 Å². The van der Waals surface area contributed by atoms with E-state index in [1.165, 1.54) is 45.3 Å². The third kappa shape index (κ3) is 3.04. The van der Waals surface area contributed by atoms with Gasteiger partial charge in [0, 0.05) is 25.7 Å². The molecule has 2 aliphatic carbocycles. The largest absolute Gasteiger partial charge is 0.381 e. The van der Waals surface area contributed by atoms with Crippen molar-refractivity contribution in [3.8, 4) is 0 Å². The van der Waals surface area contributed by atoms with Crippen LogP contribution >= 0.6 is 11.6 Å². The van der Waals surface area contributed by atoms with E-state index in [1.807, 2.05) is 18.2 Å². The lowest BCUT2D eigenvalue weighted by atomic mass is 9.92. The Bertz CT molecular complexity index is 548. The van der Waals surface area contributed by atoms with Gasteiger partial charge in [-0.25, -0.2) is 0 Å². The molecule has 3 heteroatoms. The number of hydrogen-bond donors (Lipinski definition) is 1. The lowest BCUT2D eigenvalue weighted by Crippen LogP contribution is -2.41. The molecule has 118 valence electrons. The van der Waals surface area contributed by atoms with Gasteiger partial charge in [0.2, 0.25) is 0 Å². The van der Waals surface area contributed by atoms with Gasteiger partial charge in [-0.1, -0.05) is 35.9 Å². The van der Waals surface area contributed by atoms with Crippen molar-refractivity contribution in [1.29, 1.82) is 0 Å². The normalized spacial score (nSPS) is 31.8. The minimum atomic E-state index is 0.566. The second-order valence-corrected chi connectivity index (χ2v) is 7.65. The van der Waals surface area contributed by atoms with Crippen LogP contribution < -0.4 is 5.32 Å². The highest BCUT2D eigenvalue weighted by Gasteiger charge is 2.36. The fourth-order valence-corrected chi connectivity index (χ4v) is 4.68. The lowest BCUT2D eigenvalue weighted by molar-refractivity contribution is 0.177. The number of hydrogen-bond acceptors (Lipinski definition) is 2. The molecule has 2 fully saturated rings. The number of allylic oxidation sites excluding steroid dienone is 2. The first-order valence-corrected chi connectivity index (χ1v) is 9.07. The van der Waals surface area contributed by atoms with E-state index in [1.54, 1.807) is 0 Å². The van der Waals surface area contributed by atoms with Crippen LogP contribution in [-0.2, 0) is 0 Å². The van der Waals surface area contributed by atoms with Crippen LogP contribution in [0, 0.1) is 17.8 Å². The summed E-state index contributed by atoms with van der Waals surface area (Å²) >= 11 is 6.24. The molecule has 22 heavy (non-hydrogen) atoms. The van der Waals surface area contributed by atoms with Gasteiger partial charge >= 0.3 is 0 Å². The number of rotatable bonds is 4. The maximum atomic E-state index is 6.24. The average Bonchev–Trinajstić information content (AvgIpc) is 3.14. The second-order valence-electron chi connectivity index (χ2n) is 7.24. The van der Waals surface area contributed by atoms with Crippen molar-refractivity contribution in [3.05, 3.63) is 41.4 Å². The zero-order valence-electron chi connectivity index (χ0n) is 13.0. The molecule has 1 aliphatic heterocycles. The van der Waals surface area contributed by atoms with Gasteiger partial charge < -0.3 is 10.2 Å². The summed E-state index contributed by atoms with van der Waals surface area (Å²) in [7, 11) is 0. The topological polar surface area (TPSA) is 15.3 Å². The summed E-state index contributed by atoms with van der Waals surface area (Å²) < 4.78 is 0. The Balaban J connectivity index is 1.26. The maximum Gasteiger partial charge on any atom is 0.0637 e. The molecule has 4 rings (SSSR count). The molecule has 2 nitrogen and oxygen atoms in total. The predicted molar refractivity (Wildman–Crippen MR) is 93.4 cm³/mol. The van der Waals surface area contributed by atoms with E-state index in [-0.39, 0.29) is 0 Å². The van der Waals surface area contributed by atoms with Gasteiger partial charge in [0.15, 0.2) is 0 Å². The van der Waals surface area contributed by atoms with E-state index in [9.17, 15) is 0 Å². The van der Waals surface area contributed by atoms with Crippen LogP contribution in [0.25, 0.3) is 0 Å². The standard InChI is InChI=1S/C19H25ClN2/c20-18-3-1-2-4-19(18)21-17-7-9-22(10-8-17)13-16-12-14-5-6-15(16)11-14/h1-6,14-17,21H,7-13H2/t14-,15-,16-/m1/s1. The molecule has 1 saturated heterocycles. The van der Waals surface area contributed by atoms with E-state index in [0.29, 0.717) is 6.04 Å². The average molecular weight is 317 g/mol. The third-order valence-corrected chi connectivity index (χ3v) is 6.06. The summed E-state index contributed by atoms with van der Waals surface area (Å²) in [6, 6.07) is 8.64. The smallest absolute Gasteiger partial charge is 0.0637 e. The van der Waals surface area contributed by atoms with Crippen molar-refractivity contribution in [3.63, 3.8) is 0 Å². The zero-order chi connectivity index (χ0) is 14.9. The Morgan fingerprint density at radius 2 is 1.91 bits per heavy atom. The summed E-state index contributed by atoms with van der Waals surface area (Å²) in [6.07, 6.45) is 10.2. The number of anilines is 1. The first-order chi connectivity index (χ1) is 10.8. The van der Waals surface area contributed by atoms with Gasteiger partial charge in [0.25, 0.3) is 0 Å². The van der Waals surface area contributed by atoms with Crippen molar-refractivity contribution < 1.29 is 0 Å². The van der Waals surface area contributed by atoms with E-state index in [0.717, 1.165) is 28.5 Å². The monoisotopic (exact) mass is 316 g/mol. The Hall–Kier alpha value is -0.990. The van der Waals surface area contributed by atoms with Gasteiger partial charge in [-0.3, -0.25) is 0 Å². The molecule has 0 spiro atoms. The van der Waals surface area contributed by atoms with Gasteiger partial charge in [-0.2, -0.15) is 0 Å². The number of likely N-dealkylation sites (tertiary alicyclic amines) is 1. The fourth-order valence-electron chi connectivity index (χ4n) is 4.49. The molecule has 1 N–H and O–H groups in total. The fraction of sp³-hybridized carbons (Fsp3) is 0.579. The molecule has 1 heterocycles. The predicted octanol–water partition coefficient (Wildman–Crippen LogP) is 4.43. The highest BCUT2D eigenvalue weighted by atomic mass is 35.5. The van der Waals surface area contributed by atoms with Gasteiger partial charge in [0.05, 0.1) is 10.7 Å². The lowest BCUT2D eigenvalue weighted by Gasteiger charge is -2.35. The molecule has 2 bridgehead atoms. The van der Waals surface area contributed by atoms with Gasteiger partial charge in [0.1, 0.15) is 0 Å². The van der Waals surface area contributed by atoms with Crippen LogP contribution in [0.15, 0.2) is 36.4 Å². The molecule has 3 atom stereocenters. The molecule has 1 aromatic rings. The van der Waals surface area contributed by atoms with Crippen LogP contribution in [-0.4, -0.2) is 30.6 Å². The van der Waals surface area contributed by atoms with Gasteiger partial charge in [-0.05, 0) is 55.6 Å². The SMILES string of the molecule is Clc1ccccc1NC1CCN(C[C@H]2C[C@@H]3C=C[C@@H]2C3)CC1. The van der Waals surface area contributed by atoms with Crippen molar-refractivity contribution in [1.82, 2.24) is 4.90 Å². The quantitative estimate of drug-likeness (QED) is 0.827. The molecule has 3 aliphatic rings. The minimum absolute atomic E-state index is 0.566. The van der Waals surface area contributed by atoms with E-state index >= 15 is 0 Å². The Kier molecular flexibility index (Phi) is 4.15. The molecule has 0 aromatic heterocycles. The number of para-hydroxylation sites is 1. The summed E-state index contributed by atoms with van der Waals surface area (Å²) in [6.45, 7) is 3.75. The number of fused-ring (bicyclic) bond motifs is 2. The maximum absolute atomic E-state index is 6.24. The number of benzene rings is 1. The van der Waals surface area contributed by atoms with Crippen LogP contribution in [0.4, 0.5) is 5.69 Å². The van der Waals surface area contributed by atoms with Crippen molar-refractivity contribution in [2.45, 2.75) is 31.7 Å². The van der Waals surface area contributed by atoms with Crippen molar-refractivity contribution in [2.75, 3.05) is 25.0 Å². The highest BCUT2D eigenvalue weighted by Crippen LogP contribution is 2.43. The zero-order valence-corrected chi connectivity index (χ0v) is 13.8. The molecule has 0 unspecified atom stereocenters. The van der Waals surface area contributed by atoms with Crippen molar-refractivity contribution in [2.24, 2.45) is 17.8 Å². The molecular weight excluding hydrogens is 292 g/mol. The highest BCUT2D eigenvalue weighted by molar-refractivity contribution is 6.33. The number of piperidine rings is 1. The molecule has 0 amide bonds. The molecular formula is C19H25ClN2. The Labute approximate surface area is 138 Å². The first kappa shape index (κ1) is 14.6. The summed E-state index contributed by atoms with van der Waals surface area (Å²) in [5.74, 6) is 2.70. The molecule has 0 radical (unpaired) electrons.